The largest absolute Gasteiger partial charge is 0.103 e. The Kier molecular flexibility index (Phi) is 5.57. The highest BCUT2D eigenvalue weighted by Gasteiger charge is 2.25. The van der Waals surface area contributed by atoms with Gasteiger partial charge in [0.1, 0.15) is 0 Å². The fourth-order valence-corrected chi connectivity index (χ4v) is 5.49. The number of allylic oxidation sites excluding steroid dienone is 1. The van der Waals surface area contributed by atoms with Crippen molar-refractivity contribution in [1.82, 2.24) is 0 Å². The maximum Gasteiger partial charge on any atom is 0.0567 e. The van der Waals surface area contributed by atoms with E-state index in [0.717, 1.165) is 0 Å². The van der Waals surface area contributed by atoms with Gasteiger partial charge in [-0.25, -0.2) is 0 Å². The molecule has 0 nitrogen and oxygen atoms in total. The Morgan fingerprint density at radius 2 is 1.73 bits per heavy atom. The van der Waals surface area contributed by atoms with E-state index in [2.05, 4.69) is 33.4 Å². The van der Waals surface area contributed by atoms with Crippen molar-refractivity contribution < 1.29 is 0 Å². The molecule has 0 unspecified atom stereocenters. The summed E-state index contributed by atoms with van der Waals surface area (Å²) in [6.07, 6.45) is 3.50. The molecular formula is C10H22Si. The molecule has 11 heavy (non-hydrogen) atoms. The van der Waals surface area contributed by atoms with Crippen molar-refractivity contribution in [2.24, 2.45) is 0 Å². The summed E-state index contributed by atoms with van der Waals surface area (Å²) in [6.45, 7) is 10.9. The van der Waals surface area contributed by atoms with Gasteiger partial charge in [0.25, 0.3) is 0 Å². The van der Waals surface area contributed by atoms with Crippen molar-refractivity contribution in [2.75, 3.05) is 0 Å². The monoisotopic (exact) mass is 170 g/mol. The summed E-state index contributed by atoms with van der Waals surface area (Å²) >= 11 is 0. The van der Waals surface area contributed by atoms with Crippen LogP contribution in [0.15, 0.2) is 12.7 Å². The maximum absolute atomic E-state index is 3.86. The summed E-state index contributed by atoms with van der Waals surface area (Å²) in [5, 5.41) is 0. The molecule has 0 atom stereocenters. The van der Waals surface area contributed by atoms with Crippen molar-refractivity contribution in [1.29, 1.82) is 0 Å². The van der Waals surface area contributed by atoms with Gasteiger partial charge in [-0.2, -0.15) is 0 Å². The number of hydrogen-bond donors (Lipinski definition) is 0. The highest BCUT2D eigenvalue weighted by molar-refractivity contribution is 6.80. The topological polar surface area (TPSA) is 0 Å². The van der Waals surface area contributed by atoms with Crippen LogP contribution in [0.5, 0.6) is 0 Å². The van der Waals surface area contributed by atoms with Crippen molar-refractivity contribution in [3.05, 3.63) is 12.7 Å². The fraction of sp³-hybridized carbons (Fsp3) is 0.800. The highest BCUT2D eigenvalue weighted by Crippen LogP contribution is 2.26. The van der Waals surface area contributed by atoms with E-state index < -0.39 is 8.07 Å². The first-order valence-corrected chi connectivity index (χ1v) is 7.68. The Labute approximate surface area is 72.7 Å². The number of hydrogen-bond acceptors (Lipinski definition) is 0. The van der Waals surface area contributed by atoms with E-state index in [1.165, 1.54) is 30.6 Å². The normalized spacial score (nSPS) is 11.5. The lowest BCUT2D eigenvalue weighted by Gasteiger charge is -2.27. The molecule has 0 aromatic heterocycles. The predicted octanol–water partition coefficient (Wildman–Crippen LogP) is 4.07. The molecule has 0 saturated carbocycles. The van der Waals surface area contributed by atoms with Crippen LogP contribution in [0.3, 0.4) is 0 Å². The average molecular weight is 170 g/mol. The first-order chi connectivity index (χ1) is 5.24. The second-order valence-corrected chi connectivity index (χ2v) is 8.77. The summed E-state index contributed by atoms with van der Waals surface area (Å²) in [5.41, 5.74) is 0. The van der Waals surface area contributed by atoms with Crippen LogP contribution in [-0.4, -0.2) is 8.07 Å². The Morgan fingerprint density at radius 3 is 2.00 bits per heavy atom. The van der Waals surface area contributed by atoms with Crippen LogP contribution in [0.25, 0.3) is 0 Å². The van der Waals surface area contributed by atoms with E-state index in [1.54, 1.807) is 0 Å². The van der Waals surface area contributed by atoms with E-state index >= 15 is 0 Å². The summed E-state index contributed by atoms with van der Waals surface area (Å²) in [6, 6.07) is 5.69. The molecule has 66 valence electrons. The maximum atomic E-state index is 3.86. The molecule has 0 N–H and O–H groups in total. The zero-order valence-electron chi connectivity index (χ0n) is 8.32. The van der Waals surface area contributed by atoms with Crippen LogP contribution in [0.2, 0.25) is 24.2 Å². The van der Waals surface area contributed by atoms with Gasteiger partial charge in [0.15, 0.2) is 0 Å². The molecule has 0 heterocycles. The molecule has 0 fully saturated rings. The molecule has 0 saturated heterocycles. The van der Waals surface area contributed by atoms with Gasteiger partial charge in [0.05, 0.1) is 8.07 Å². The first kappa shape index (κ1) is 11.0. The Bertz CT molecular complexity index is 103. The average Bonchev–Trinajstić information content (AvgIpc) is 2.04. The molecule has 0 bridgehead atoms. The lowest BCUT2D eigenvalue weighted by Crippen LogP contribution is -2.30. The van der Waals surface area contributed by atoms with Crippen LogP contribution in [0.4, 0.5) is 0 Å². The Balaban J connectivity index is 4.06. The Morgan fingerprint density at radius 1 is 1.18 bits per heavy atom. The molecule has 0 aromatic rings. The third-order valence-electron chi connectivity index (χ3n) is 2.86. The molecule has 1 heteroatoms. The Hall–Kier alpha value is -0.0431. The van der Waals surface area contributed by atoms with Crippen molar-refractivity contribution in [3.8, 4) is 0 Å². The zero-order chi connectivity index (χ0) is 8.74. The minimum atomic E-state index is -0.861. The third-order valence-corrected chi connectivity index (χ3v) is 8.57. The van der Waals surface area contributed by atoms with Gasteiger partial charge >= 0.3 is 0 Å². The molecule has 0 aliphatic carbocycles. The molecule has 0 spiro atoms. The summed E-state index contributed by atoms with van der Waals surface area (Å²) < 4.78 is 0. The van der Waals surface area contributed by atoms with Gasteiger partial charge in [-0.05, 0) is 6.04 Å². The summed E-state index contributed by atoms with van der Waals surface area (Å²) in [4.78, 5) is 0. The first-order valence-electron chi connectivity index (χ1n) is 4.85. The van der Waals surface area contributed by atoms with Crippen LogP contribution in [0.1, 0.15) is 27.2 Å². The lowest BCUT2D eigenvalue weighted by atomic mass is 10.6. The quantitative estimate of drug-likeness (QED) is 0.416. The van der Waals surface area contributed by atoms with Crippen LogP contribution in [0, 0.1) is 0 Å². The standard InChI is InChI=1S/C10H22Si/c1-5-9-11(7-3,8-4)10-6-2/h5H,1,6-10H2,2-4H3. The number of rotatable bonds is 6. The third kappa shape index (κ3) is 3.24. The fourth-order valence-electron chi connectivity index (χ4n) is 1.83. The van der Waals surface area contributed by atoms with Gasteiger partial charge in [0.2, 0.25) is 0 Å². The molecule has 0 aliphatic heterocycles. The van der Waals surface area contributed by atoms with E-state index in [1.807, 2.05) is 0 Å². The van der Waals surface area contributed by atoms with Crippen LogP contribution < -0.4 is 0 Å². The molecule has 0 aliphatic rings. The van der Waals surface area contributed by atoms with Gasteiger partial charge in [-0.3, -0.25) is 0 Å². The minimum Gasteiger partial charge on any atom is -0.103 e. The molecule has 0 amide bonds. The molecule has 0 aromatic carbocycles. The van der Waals surface area contributed by atoms with Crippen LogP contribution >= 0.6 is 0 Å². The second kappa shape index (κ2) is 5.59. The zero-order valence-corrected chi connectivity index (χ0v) is 9.32. The minimum absolute atomic E-state index is 0.861. The SMILES string of the molecule is C=CC[Si](CC)(CC)CCC. The van der Waals surface area contributed by atoms with Gasteiger partial charge in [-0.1, -0.05) is 51.4 Å². The molecular weight excluding hydrogens is 148 g/mol. The smallest absolute Gasteiger partial charge is 0.0567 e. The highest BCUT2D eigenvalue weighted by atomic mass is 28.3. The summed E-state index contributed by atoms with van der Waals surface area (Å²) in [7, 11) is -0.861. The van der Waals surface area contributed by atoms with E-state index in [4.69, 9.17) is 0 Å². The van der Waals surface area contributed by atoms with Gasteiger partial charge in [0, 0.05) is 0 Å². The summed E-state index contributed by atoms with van der Waals surface area (Å²) in [5.74, 6) is 0. The van der Waals surface area contributed by atoms with E-state index in [9.17, 15) is 0 Å². The van der Waals surface area contributed by atoms with E-state index in [0.29, 0.717) is 0 Å². The molecule has 0 radical (unpaired) electrons. The lowest BCUT2D eigenvalue weighted by molar-refractivity contribution is 1.00. The predicted molar refractivity (Wildman–Crippen MR) is 56.8 cm³/mol. The molecule has 0 rings (SSSR count). The van der Waals surface area contributed by atoms with Gasteiger partial charge in [-0.15, -0.1) is 6.58 Å². The van der Waals surface area contributed by atoms with Crippen molar-refractivity contribution in [2.45, 2.75) is 51.4 Å². The van der Waals surface area contributed by atoms with Crippen molar-refractivity contribution >= 4 is 8.07 Å². The second-order valence-electron chi connectivity index (χ2n) is 3.45. The van der Waals surface area contributed by atoms with Crippen LogP contribution in [-0.2, 0) is 0 Å². The van der Waals surface area contributed by atoms with Crippen molar-refractivity contribution in [3.63, 3.8) is 0 Å². The van der Waals surface area contributed by atoms with E-state index in [-0.39, 0.29) is 0 Å². The van der Waals surface area contributed by atoms with Gasteiger partial charge < -0.3 is 0 Å².